The summed E-state index contributed by atoms with van der Waals surface area (Å²) in [7, 11) is 0. The molecule has 0 saturated heterocycles. The molecule has 0 aliphatic carbocycles. The van der Waals surface area contributed by atoms with Crippen LogP contribution in [0.4, 0.5) is 15.6 Å². The number of nitrogens with zero attached hydrogens (tertiary/aromatic N) is 1. The number of hydrogen-bond donors (Lipinski definition) is 3. The summed E-state index contributed by atoms with van der Waals surface area (Å²) < 4.78 is 0. The second-order valence-electron chi connectivity index (χ2n) is 4.14. The number of benzene rings is 1. The first kappa shape index (κ1) is 14.0. The lowest BCUT2D eigenvalue weighted by Crippen LogP contribution is -2.19. The molecule has 3 N–H and O–H groups in total. The summed E-state index contributed by atoms with van der Waals surface area (Å²) in [5.74, 6) is -0.886. The van der Waals surface area contributed by atoms with Crippen molar-refractivity contribution in [2.24, 2.45) is 0 Å². The first-order valence-corrected chi connectivity index (χ1v) is 6.72. The van der Waals surface area contributed by atoms with Gasteiger partial charge in [0.15, 0.2) is 5.13 Å². The van der Waals surface area contributed by atoms with Crippen LogP contribution in [-0.2, 0) is 11.2 Å². The van der Waals surface area contributed by atoms with E-state index in [2.05, 4.69) is 15.6 Å². The Morgan fingerprint density at radius 1 is 1.25 bits per heavy atom. The topological polar surface area (TPSA) is 91.3 Å². The van der Waals surface area contributed by atoms with Gasteiger partial charge in [-0.3, -0.25) is 10.1 Å². The lowest BCUT2D eigenvalue weighted by Gasteiger charge is -2.06. The number of carbonyl (C=O) groups excluding carboxylic acids is 1. The molecular weight excluding hydrogens is 278 g/mol. The number of aromatic nitrogens is 1. The van der Waals surface area contributed by atoms with E-state index in [0.717, 1.165) is 5.69 Å². The highest BCUT2D eigenvalue weighted by atomic mass is 32.1. The number of nitrogens with one attached hydrogen (secondary N) is 2. The Morgan fingerprint density at radius 3 is 2.50 bits per heavy atom. The molecule has 104 valence electrons. The van der Waals surface area contributed by atoms with Gasteiger partial charge in [-0.25, -0.2) is 9.78 Å². The Labute approximate surface area is 119 Å². The molecule has 0 bridgehead atoms. The lowest BCUT2D eigenvalue weighted by molar-refractivity contribution is -0.136. The standard InChI is InChI=1S/C13H13N3O3S/c1-8-7-20-13(14-8)16-12(19)15-10-4-2-9(3-5-10)6-11(17)18/h2-5,7H,6H2,1H3,(H,17,18)(H2,14,15,16,19). The van der Waals surface area contributed by atoms with Gasteiger partial charge in [-0.05, 0) is 24.6 Å². The molecule has 0 spiro atoms. The molecule has 0 aliphatic rings. The number of hydrogen-bond acceptors (Lipinski definition) is 4. The molecule has 6 nitrogen and oxygen atoms in total. The van der Waals surface area contributed by atoms with Crippen LogP contribution in [0.1, 0.15) is 11.3 Å². The van der Waals surface area contributed by atoms with Gasteiger partial charge >= 0.3 is 12.0 Å². The molecular formula is C13H13N3O3S. The summed E-state index contributed by atoms with van der Waals surface area (Å²) in [4.78, 5) is 26.4. The Kier molecular flexibility index (Phi) is 4.31. The molecule has 1 heterocycles. The van der Waals surface area contributed by atoms with Crippen LogP contribution in [0, 0.1) is 6.92 Å². The summed E-state index contributed by atoms with van der Waals surface area (Å²) >= 11 is 1.35. The van der Waals surface area contributed by atoms with Crippen molar-refractivity contribution in [3.63, 3.8) is 0 Å². The van der Waals surface area contributed by atoms with E-state index in [1.807, 2.05) is 12.3 Å². The van der Waals surface area contributed by atoms with Crippen LogP contribution in [-0.4, -0.2) is 22.1 Å². The molecule has 2 rings (SSSR count). The van der Waals surface area contributed by atoms with Crippen molar-refractivity contribution in [2.75, 3.05) is 10.6 Å². The van der Waals surface area contributed by atoms with E-state index in [0.29, 0.717) is 16.4 Å². The highest BCUT2D eigenvalue weighted by Gasteiger charge is 2.06. The number of carbonyl (C=O) groups is 2. The zero-order chi connectivity index (χ0) is 14.5. The van der Waals surface area contributed by atoms with Crippen molar-refractivity contribution < 1.29 is 14.7 Å². The molecule has 0 saturated carbocycles. The first-order chi connectivity index (χ1) is 9.52. The molecule has 0 atom stereocenters. The van der Waals surface area contributed by atoms with Crippen LogP contribution >= 0.6 is 11.3 Å². The third-order valence-electron chi connectivity index (χ3n) is 2.41. The SMILES string of the molecule is Cc1csc(NC(=O)Nc2ccc(CC(=O)O)cc2)n1. The van der Waals surface area contributed by atoms with Gasteiger partial charge in [-0.1, -0.05) is 12.1 Å². The molecule has 2 aromatic rings. The Balaban J connectivity index is 1.92. The molecule has 1 aromatic heterocycles. The average molecular weight is 291 g/mol. The second kappa shape index (κ2) is 6.16. The molecule has 0 fully saturated rings. The molecule has 0 aliphatic heterocycles. The van der Waals surface area contributed by atoms with Crippen LogP contribution in [0.15, 0.2) is 29.6 Å². The van der Waals surface area contributed by atoms with E-state index < -0.39 is 5.97 Å². The van der Waals surface area contributed by atoms with E-state index in [-0.39, 0.29) is 12.5 Å². The number of urea groups is 1. The number of anilines is 2. The highest BCUT2D eigenvalue weighted by molar-refractivity contribution is 7.13. The molecule has 2 amide bonds. The van der Waals surface area contributed by atoms with E-state index in [1.54, 1.807) is 24.3 Å². The van der Waals surface area contributed by atoms with E-state index >= 15 is 0 Å². The van der Waals surface area contributed by atoms with Crippen LogP contribution in [0.3, 0.4) is 0 Å². The summed E-state index contributed by atoms with van der Waals surface area (Å²) in [6.07, 6.45) is -0.0368. The van der Waals surface area contributed by atoms with Gasteiger partial charge < -0.3 is 10.4 Å². The van der Waals surface area contributed by atoms with Gasteiger partial charge in [-0.2, -0.15) is 0 Å². The number of carboxylic acid groups (broad SMARTS) is 1. The number of amides is 2. The summed E-state index contributed by atoms with van der Waals surface area (Å²) in [6.45, 7) is 1.85. The van der Waals surface area contributed by atoms with Crippen LogP contribution < -0.4 is 10.6 Å². The zero-order valence-electron chi connectivity index (χ0n) is 10.7. The van der Waals surface area contributed by atoms with E-state index in [4.69, 9.17) is 5.11 Å². The van der Waals surface area contributed by atoms with Crippen molar-refractivity contribution in [2.45, 2.75) is 13.3 Å². The third kappa shape index (κ3) is 4.06. The van der Waals surface area contributed by atoms with Gasteiger partial charge in [0.1, 0.15) is 0 Å². The predicted octanol–water partition coefficient (Wildman–Crippen LogP) is 2.72. The quantitative estimate of drug-likeness (QED) is 0.807. The third-order valence-corrected chi connectivity index (χ3v) is 3.28. The summed E-state index contributed by atoms with van der Waals surface area (Å²) in [5.41, 5.74) is 2.12. The fourth-order valence-corrected chi connectivity index (χ4v) is 2.23. The smallest absolute Gasteiger partial charge is 0.325 e. The minimum atomic E-state index is -0.886. The van der Waals surface area contributed by atoms with E-state index in [1.165, 1.54) is 11.3 Å². The molecule has 0 radical (unpaired) electrons. The van der Waals surface area contributed by atoms with Crippen molar-refractivity contribution in [3.8, 4) is 0 Å². The van der Waals surface area contributed by atoms with Crippen molar-refractivity contribution >= 4 is 34.2 Å². The van der Waals surface area contributed by atoms with Gasteiger partial charge in [-0.15, -0.1) is 11.3 Å². The number of rotatable bonds is 4. The second-order valence-corrected chi connectivity index (χ2v) is 5.00. The Hall–Kier alpha value is -2.41. The van der Waals surface area contributed by atoms with Gasteiger partial charge in [0, 0.05) is 11.1 Å². The monoisotopic (exact) mass is 291 g/mol. The van der Waals surface area contributed by atoms with Crippen molar-refractivity contribution in [3.05, 3.63) is 40.9 Å². The lowest BCUT2D eigenvalue weighted by atomic mass is 10.1. The molecule has 0 unspecified atom stereocenters. The number of aliphatic carboxylic acids is 1. The van der Waals surface area contributed by atoms with Gasteiger partial charge in [0.2, 0.25) is 0 Å². The maximum absolute atomic E-state index is 11.7. The molecule has 20 heavy (non-hydrogen) atoms. The summed E-state index contributed by atoms with van der Waals surface area (Å²) in [6, 6.07) is 6.26. The van der Waals surface area contributed by atoms with Gasteiger partial charge in [0.25, 0.3) is 0 Å². The van der Waals surface area contributed by atoms with Crippen LogP contribution in [0.2, 0.25) is 0 Å². The fourth-order valence-electron chi connectivity index (χ4n) is 1.55. The maximum Gasteiger partial charge on any atom is 0.325 e. The molecule has 1 aromatic carbocycles. The van der Waals surface area contributed by atoms with E-state index in [9.17, 15) is 9.59 Å². The zero-order valence-corrected chi connectivity index (χ0v) is 11.5. The van der Waals surface area contributed by atoms with Crippen molar-refractivity contribution in [1.82, 2.24) is 4.98 Å². The Morgan fingerprint density at radius 2 is 1.95 bits per heavy atom. The normalized spacial score (nSPS) is 10.1. The average Bonchev–Trinajstić information content (AvgIpc) is 2.76. The van der Waals surface area contributed by atoms with Crippen molar-refractivity contribution in [1.29, 1.82) is 0 Å². The number of carboxylic acids is 1. The minimum Gasteiger partial charge on any atom is -0.481 e. The van der Waals surface area contributed by atoms with Gasteiger partial charge in [0.05, 0.1) is 12.1 Å². The van der Waals surface area contributed by atoms with Crippen LogP contribution in [0.25, 0.3) is 0 Å². The van der Waals surface area contributed by atoms with Crippen LogP contribution in [0.5, 0.6) is 0 Å². The Bertz CT molecular complexity index is 622. The highest BCUT2D eigenvalue weighted by Crippen LogP contribution is 2.15. The fraction of sp³-hybridized carbons (Fsp3) is 0.154. The minimum absolute atomic E-state index is 0.0368. The molecule has 7 heteroatoms. The number of thiazole rings is 1. The maximum atomic E-state index is 11.7. The first-order valence-electron chi connectivity index (χ1n) is 5.84. The largest absolute Gasteiger partial charge is 0.481 e. The number of aryl methyl sites for hydroxylation is 1. The predicted molar refractivity (Wildman–Crippen MR) is 77.3 cm³/mol. The summed E-state index contributed by atoms with van der Waals surface area (Å²) in [5, 5.41) is 16.3.